The zero-order chi connectivity index (χ0) is 18.5. The lowest BCUT2D eigenvalue weighted by Crippen LogP contribution is -2.07. The van der Waals surface area contributed by atoms with Gasteiger partial charge in [0, 0.05) is 6.20 Å². The second-order valence-corrected chi connectivity index (χ2v) is 6.23. The molecule has 5 nitrogen and oxygen atoms in total. The van der Waals surface area contributed by atoms with Gasteiger partial charge in [0.25, 0.3) is 0 Å². The number of methoxy groups -OCH3 is 1. The van der Waals surface area contributed by atoms with Crippen LogP contribution in [0.1, 0.15) is 6.42 Å². The molecule has 0 atom stereocenters. The molecule has 3 aromatic rings. The molecule has 0 unspecified atom stereocenters. The van der Waals surface area contributed by atoms with Crippen LogP contribution in [0.25, 0.3) is 10.8 Å². The van der Waals surface area contributed by atoms with Crippen molar-refractivity contribution in [3.8, 4) is 17.4 Å². The number of nitrogens with zero attached hydrogens (tertiary/aromatic N) is 1. The van der Waals surface area contributed by atoms with Gasteiger partial charge in [-0.15, -0.1) is 0 Å². The molecule has 7 heteroatoms. The number of aromatic nitrogens is 1. The minimum atomic E-state index is -0.311. The summed E-state index contributed by atoms with van der Waals surface area (Å²) in [5, 5.41) is 2.71. The summed E-state index contributed by atoms with van der Waals surface area (Å²) in [6.07, 6.45) is 1.66. The molecule has 26 heavy (non-hydrogen) atoms. The van der Waals surface area contributed by atoms with Gasteiger partial charge in [-0.25, -0.2) is 4.98 Å². The van der Waals surface area contributed by atoms with Crippen molar-refractivity contribution in [2.75, 3.05) is 13.7 Å². The second kappa shape index (κ2) is 8.25. The van der Waals surface area contributed by atoms with Crippen LogP contribution in [0.2, 0.25) is 10.0 Å². The number of carbonyl (C=O) groups is 1. The van der Waals surface area contributed by atoms with Crippen molar-refractivity contribution in [2.45, 2.75) is 6.42 Å². The summed E-state index contributed by atoms with van der Waals surface area (Å²) in [6.45, 7) is 0.249. The number of ether oxygens (including phenoxy) is 3. The molecule has 0 N–H and O–H groups in total. The molecule has 0 aliphatic rings. The van der Waals surface area contributed by atoms with Crippen LogP contribution in [0.5, 0.6) is 17.4 Å². The van der Waals surface area contributed by atoms with Crippen molar-refractivity contribution < 1.29 is 19.0 Å². The standard InChI is InChI=1S/C19H15Cl2NO4/c1-24-18(23)6-7-25-15-4-2-12-3-5-16(9-13(12)8-15)26-19-17(21)10-14(20)11-22-19/h2-5,8-11H,6-7H2,1H3. The van der Waals surface area contributed by atoms with E-state index in [4.69, 9.17) is 32.7 Å². The van der Waals surface area contributed by atoms with E-state index in [0.29, 0.717) is 21.5 Å². The Labute approximate surface area is 160 Å². The number of esters is 1. The Morgan fingerprint density at radius 1 is 1.04 bits per heavy atom. The van der Waals surface area contributed by atoms with Gasteiger partial charge in [-0.3, -0.25) is 4.79 Å². The predicted octanol–water partition coefficient (Wildman–Crippen LogP) is 5.28. The lowest BCUT2D eigenvalue weighted by atomic mass is 10.1. The number of hydrogen-bond donors (Lipinski definition) is 0. The van der Waals surface area contributed by atoms with E-state index in [1.165, 1.54) is 13.3 Å². The average molecular weight is 392 g/mol. The Balaban J connectivity index is 1.77. The van der Waals surface area contributed by atoms with Crippen LogP contribution in [0, 0.1) is 0 Å². The van der Waals surface area contributed by atoms with Gasteiger partial charge >= 0.3 is 5.97 Å². The van der Waals surface area contributed by atoms with Crippen LogP contribution >= 0.6 is 23.2 Å². The molecule has 1 aromatic heterocycles. The number of rotatable bonds is 6. The van der Waals surface area contributed by atoms with Crippen molar-refractivity contribution in [2.24, 2.45) is 0 Å². The third kappa shape index (κ3) is 4.56. The molecule has 0 amide bonds. The molecule has 134 valence electrons. The highest BCUT2D eigenvalue weighted by molar-refractivity contribution is 6.35. The summed E-state index contributed by atoms with van der Waals surface area (Å²) in [6, 6.07) is 12.8. The monoisotopic (exact) mass is 391 g/mol. The summed E-state index contributed by atoms with van der Waals surface area (Å²) in [4.78, 5) is 15.2. The molecule has 3 rings (SSSR count). The molecule has 1 heterocycles. The first-order valence-corrected chi connectivity index (χ1v) is 8.53. The smallest absolute Gasteiger partial charge is 0.308 e. The van der Waals surface area contributed by atoms with Gasteiger partial charge in [-0.1, -0.05) is 35.3 Å². The molecule has 0 aliphatic heterocycles. The highest BCUT2D eigenvalue weighted by Crippen LogP contribution is 2.31. The maximum Gasteiger partial charge on any atom is 0.308 e. The maximum atomic E-state index is 11.1. The third-order valence-electron chi connectivity index (χ3n) is 3.57. The topological polar surface area (TPSA) is 57.7 Å². The van der Waals surface area contributed by atoms with E-state index in [1.54, 1.807) is 6.07 Å². The first-order valence-electron chi connectivity index (χ1n) is 7.77. The first-order chi connectivity index (χ1) is 12.5. The molecule has 0 radical (unpaired) electrons. The van der Waals surface area contributed by atoms with Crippen molar-refractivity contribution in [3.05, 3.63) is 58.7 Å². The summed E-state index contributed by atoms with van der Waals surface area (Å²) < 4.78 is 15.9. The first kappa shape index (κ1) is 18.3. The van der Waals surface area contributed by atoms with E-state index in [2.05, 4.69) is 9.72 Å². The van der Waals surface area contributed by atoms with E-state index >= 15 is 0 Å². The van der Waals surface area contributed by atoms with E-state index in [0.717, 1.165) is 10.8 Å². The molecular formula is C19H15Cl2NO4. The van der Waals surface area contributed by atoms with Crippen molar-refractivity contribution >= 4 is 39.9 Å². The minimum absolute atomic E-state index is 0.193. The van der Waals surface area contributed by atoms with Gasteiger partial charge in [-0.2, -0.15) is 0 Å². The summed E-state index contributed by atoms with van der Waals surface area (Å²) in [5.74, 6) is 1.21. The number of pyridine rings is 1. The lowest BCUT2D eigenvalue weighted by Gasteiger charge is -2.09. The number of halogens is 2. The summed E-state index contributed by atoms with van der Waals surface area (Å²) >= 11 is 11.9. The van der Waals surface area contributed by atoms with Crippen molar-refractivity contribution in [1.29, 1.82) is 0 Å². The molecule has 0 aliphatic carbocycles. The van der Waals surface area contributed by atoms with Gasteiger partial charge in [0.2, 0.25) is 5.88 Å². The van der Waals surface area contributed by atoms with Crippen LogP contribution in [-0.2, 0) is 9.53 Å². The van der Waals surface area contributed by atoms with Crippen LogP contribution in [0.3, 0.4) is 0 Å². The molecular weight excluding hydrogens is 377 g/mol. The number of hydrogen-bond acceptors (Lipinski definition) is 5. The fraction of sp³-hybridized carbons (Fsp3) is 0.158. The molecule has 0 saturated heterocycles. The molecule has 0 bridgehead atoms. The van der Waals surface area contributed by atoms with Crippen LogP contribution in [-0.4, -0.2) is 24.7 Å². The zero-order valence-corrected chi connectivity index (χ0v) is 15.4. The van der Waals surface area contributed by atoms with Gasteiger partial charge in [-0.05, 0) is 41.1 Å². The molecule has 0 fully saturated rings. The summed E-state index contributed by atoms with van der Waals surface area (Å²) in [5.41, 5.74) is 0. The van der Waals surface area contributed by atoms with Gasteiger partial charge in [0.15, 0.2) is 0 Å². The zero-order valence-electron chi connectivity index (χ0n) is 13.9. The van der Waals surface area contributed by atoms with Gasteiger partial charge in [0.1, 0.15) is 16.5 Å². The van der Waals surface area contributed by atoms with E-state index in [9.17, 15) is 4.79 Å². The van der Waals surface area contributed by atoms with Crippen LogP contribution in [0.4, 0.5) is 0 Å². The quantitative estimate of drug-likeness (QED) is 0.535. The molecule has 0 saturated carbocycles. The van der Waals surface area contributed by atoms with E-state index in [-0.39, 0.29) is 24.9 Å². The fourth-order valence-corrected chi connectivity index (χ4v) is 2.72. The Kier molecular flexibility index (Phi) is 5.81. The number of benzene rings is 2. The lowest BCUT2D eigenvalue weighted by molar-refractivity contribution is -0.141. The maximum absolute atomic E-state index is 11.1. The highest BCUT2D eigenvalue weighted by atomic mass is 35.5. The summed E-state index contributed by atoms with van der Waals surface area (Å²) in [7, 11) is 1.35. The Morgan fingerprint density at radius 3 is 2.50 bits per heavy atom. The van der Waals surface area contributed by atoms with Gasteiger partial charge < -0.3 is 14.2 Å². The van der Waals surface area contributed by atoms with Crippen molar-refractivity contribution in [3.63, 3.8) is 0 Å². The third-order valence-corrected chi connectivity index (χ3v) is 4.05. The molecule has 0 spiro atoms. The number of fused-ring (bicyclic) bond motifs is 1. The Morgan fingerprint density at radius 2 is 1.77 bits per heavy atom. The van der Waals surface area contributed by atoms with Crippen molar-refractivity contribution in [1.82, 2.24) is 4.98 Å². The fourth-order valence-electron chi connectivity index (χ4n) is 2.30. The Bertz CT molecular complexity index is 946. The number of carbonyl (C=O) groups excluding carboxylic acids is 1. The Hall–Kier alpha value is -2.50. The van der Waals surface area contributed by atoms with Gasteiger partial charge in [0.05, 0.1) is 25.2 Å². The SMILES string of the molecule is COC(=O)CCOc1ccc2ccc(Oc3ncc(Cl)cc3Cl)cc2c1. The minimum Gasteiger partial charge on any atom is -0.493 e. The normalized spacial score (nSPS) is 10.6. The van der Waals surface area contributed by atoms with Crippen LogP contribution in [0.15, 0.2) is 48.7 Å². The van der Waals surface area contributed by atoms with E-state index < -0.39 is 0 Å². The highest BCUT2D eigenvalue weighted by Gasteiger charge is 2.07. The largest absolute Gasteiger partial charge is 0.493 e. The van der Waals surface area contributed by atoms with E-state index in [1.807, 2.05) is 36.4 Å². The predicted molar refractivity (Wildman–Crippen MR) is 100 cm³/mol. The average Bonchev–Trinajstić information content (AvgIpc) is 2.63. The van der Waals surface area contributed by atoms with Crippen LogP contribution < -0.4 is 9.47 Å². The second-order valence-electron chi connectivity index (χ2n) is 5.39. The molecule has 2 aromatic carbocycles.